The van der Waals surface area contributed by atoms with Crippen LogP contribution < -0.4 is 9.62 Å². The van der Waals surface area contributed by atoms with Crippen LogP contribution in [0, 0.1) is 6.92 Å². The van der Waals surface area contributed by atoms with Gasteiger partial charge in [0.1, 0.15) is 0 Å². The van der Waals surface area contributed by atoms with Crippen LogP contribution in [0.15, 0.2) is 48.5 Å². The second-order valence-corrected chi connectivity index (χ2v) is 10.2. The molecule has 1 N–H and O–H groups in total. The first-order valence-corrected chi connectivity index (χ1v) is 12.6. The van der Waals surface area contributed by atoms with Gasteiger partial charge in [0.25, 0.3) is 5.91 Å². The van der Waals surface area contributed by atoms with E-state index in [9.17, 15) is 13.2 Å². The summed E-state index contributed by atoms with van der Waals surface area (Å²) in [6, 6.07) is 14.9. The molecule has 2 aromatic carbocycles. The number of hydrogen-bond acceptors (Lipinski definition) is 3. The van der Waals surface area contributed by atoms with Crippen LogP contribution in [0.25, 0.3) is 0 Å². The summed E-state index contributed by atoms with van der Waals surface area (Å²) >= 11 is 0. The van der Waals surface area contributed by atoms with Gasteiger partial charge in [0, 0.05) is 11.6 Å². The lowest BCUT2D eigenvalue weighted by molar-refractivity contribution is 0.0930. The van der Waals surface area contributed by atoms with Crippen LogP contribution in [-0.4, -0.2) is 26.6 Å². The van der Waals surface area contributed by atoms with Gasteiger partial charge in [0.2, 0.25) is 10.0 Å². The van der Waals surface area contributed by atoms with Crippen molar-refractivity contribution in [2.24, 2.45) is 0 Å². The van der Waals surface area contributed by atoms with Gasteiger partial charge in [-0.2, -0.15) is 0 Å². The Labute approximate surface area is 180 Å². The molecule has 3 rings (SSSR count). The van der Waals surface area contributed by atoms with E-state index in [1.807, 2.05) is 37.3 Å². The number of aryl methyl sites for hydroxylation is 1. The molecule has 1 aliphatic carbocycles. The average molecular weight is 429 g/mol. The molecule has 0 heterocycles. The molecule has 1 amide bonds. The largest absolute Gasteiger partial charge is 0.349 e. The Hall–Kier alpha value is -2.34. The molecule has 0 radical (unpaired) electrons. The molecule has 5 nitrogen and oxygen atoms in total. The van der Waals surface area contributed by atoms with Gasteiger partial charge in [-0.1, -0.05) is 56.4 Å². The van der Waals surface area contributed by atoms with Gasteiger partial charge in [-0.05, 0) is 55.2 Å². The zero-order valence-corrected chi connectivity index (χ0v) is 18.7. The highest BCUT2D eigenvalue weighted by molar-refractivity contribution is 7.92. The average Bonchev–Trinajstić information content (AvgIpc) is 2.67. The van der Waals surface area contributed by atoms with Crippen molar-refractivity contribution in [2.45, 2.75) is 64.5 Å². The Morgan fingerprint density at radius 1 is 1.00 bits per heavy atom. The molecule has 1 aliphatic rings. The summed E-state index contributed by atoms with van der Waals surface area (Å²) in [7, 11) is -3.43. The van der Waals surface area contributed by atoms with Crippen LogP contribution in [0.5, 0.6) is 0 Å². The van der Waals surface area contributed by atoms with Crippen molar-refractivity contribution in [1.82, 2.24) is 5.32 Å². The highest BCUT2D eigenvalue weighted by Crippen LogP contribution is 2.22. The Morgan fingerprint density at radius 3 is 2.23 bits per heavy atom. The minimum atomic E-state index is -3.43. The van der Waals surface area contributed by atoms with Crippen LogP contribution in [0.4, 0.5) is 5.69 Å². The number of nitrogens with zero attached hydrogens (tertiary/aromatic N) is 1. The van der Waals surface area contributed by atoms with Gasteiger partial charge in [-0.15, -0.1) is 0 Å². The fourth-order valence-electron chi connectivity index (χ4n) is 3.98. The van der Waals surface area contributed by atoms with E-state index < -0.39 is 10.0 Å². The second kappa shape index (κ2) is 10.1. The van der Waals surface area contributed by atoms with Crippen molar-refractivity contribution in [3.05, 3.63) is 65.2 Å². The van der Waals surface area contributed by atoms with Crippen LogP contribution in [0.2, 0.25) is 0 Å². The Bertz CT molecular complexity index is 947. The topological polar surface area (TPSA) is 66.5 Å². The fourth-order valence-corrected chi connectivity index (χ4v) is 4.86. The van der Waals surface area contributed by atoms with Gasteiger partial charge in [0.05, 0.1) is 18.5 Å². The van der Waals surface area contributed by atoms with E-state index in [4.69, 9.17) is 0 Å². The number of carbonyl (C=O) groups excluding carboxylic acids is 1. The number of hydrogen-bond donors (Lipinski definition) is 1. The maximum atomic E-state index is 12.6. The van der Waals surface area contributed by atoms with Crippen molar-refractivity contribution >= 4 is 21.6 Å². The SMILES string of the molecule is Cc1cccc(N(Cc2ccc(C(=O)NC3CCCCCCC3)cc2)S(C)(=O)=O)c1. The third-order valence-corrected chi connectivity index (χ3v) is 6.81. The van der Waals surface area contributed by atoms with E-state index in [1.165, 1.54) is 42.7 Å². The van der Waals surface area contributed by atoms with Crippen LogP contribution in [0.3, 0.4) is 0 Å². The van der Waals surface area contributed by atoms with Gasteiger partial charge < -0.3 is 5.32 Å². The predicted molar refractivity (Wildman–Crippen MR) is 122 cm³/mol. The molecule has 0 aromatic heterocycles. The number of nitrogens with one attached hydrogen (secondary N) is 1. The first kappa shape index (κ1) is 22.3. The lowest BCUT2D eigenvalue weighted by atomic mass is 9.96. The van der Waals surface area contributed by atoms with Gasteiger partial charge in [-0.25, -0.2) is 8.42 Å². The summed E-state index contributed by atoms with van der Waals surface area (Å²) in [5.74, 6) is -0.0502. The molecule has 0 spiro atoms. The molecule has 1 fully saturated rings. The van der Waals surface area contributed by atoms with Crippen molar-refractivity contribution in [3.63, 3.8) is 0 Å². The number of benzene rings is 2. The second-order valence-electron chi connectivity index (χ2n) is 8.32. The summed E-state index contributed by atoms with van der Waals surface area (Å²) in [6.07, 6.45) is 9.45. The van der Waals surface area contributed by atoms with Crippen molar-refractivity contribution in [2.75, 3.05) is 10.6 Å². The Kier molecular flexibility index (Phi) is 7.53. The quantitative estimate of drug-likeness (QED) is 0.718. The highest BCUT2D eigenvalue weighted by atomic mass is 32.2. The first-order valence-electron chi connectivity index (χ1n) is 10.8. The molecule has 0 saturated heterocycles. The Balaban J connectivity index is 1.68. The highest BCUT2D eigenvalue weighted by Gasteiger charge is 2.19. The summed E-state index contributed by atoms with van der Waals surface area (Å²) < 4.78 is 26.1. The zero-order chi connectivity index (χ0) is 21.6. The van der Waals surface area contributed by atoms with Gasteiger partial charge >= 0.3 is 0 Å². The maximum Gasteiger partial charge on any atom is 0.251 e. The molecule has 6 heteroatoms. The molecule has 1 saturated carbocycles. The summed E-state index contributed by atoms with van der Waals surface area (Å²) in [5, 5.41) is 3.17. The smallest absolute Gasteiger partial charge is 0.251 e. The van der Waals surface area contributed by atoms with Crippen LogP contribution in [-0.2, 0) is 16.6 Å². The van der Waals surface area contributed by atoms with E-state index in [0.717, 1.165) is 24.0 Å². The number of amides is 1. The van der Waals surface area contributed by atoms with E-state index in [0.29, 0.717) is 11.3 Å². The van der Waals surface area contributed by atoms with E-state index in [2.05, 4.69) is 5.32 Å². The molecular weight excluding hydrogens is 396 g/mol. The fraction of sp³-hybridized carbons (Fsp3) is 0.458. The van der Waals surface area contributed by atoms with Crippen molar-refractivity contribution in [3.8, 4) is 0 Å². The number of carbonyl (C=O) groups is 1. The van der Waals surface area contributed by atoms with Crippen LogP contribution >= 0.6 is 0 Å². The molecule has 0 atom stereocenters. The Morgan fingerprint density at radius 2 is 1.63 bits per heavy atom. The minimum Gasteiger partial charge on any atom is -0.349 e. The monoisotopic (exact) mass is 428 g/mol. The summed E-state index contributed by atoms with van der Waals surface area (Å²) in [5.41, 5.74) is 3.10. The van der Waals surface area contributed by atoms with Crippen molar-refractivity contribution in [1.29, 1.82) is 0 Å². The van der Waals surface area contributed by atoms with Crippen LogP contribution in [0.1, 0.15) is 66.4 Å². The number of sulfonamides is 1. The standard InChI is InChI=1S/C24H32N2O3S/c1-19-9-8-12-23(17-19)26(30(2,28)29)18-20-13-15-21(16-14-20)24(27)25-22-10-6-4-3-5-7-11-22/h8-9,12-17,22H,3-7,10-11,18H2,1-2H3,(H,25,27). The molecule has 0 bridgehead atoms. The first-order chi connectivity index (χ1) is 14.3. The number of rotatable bonds is 6. The molecule has 0 aliphatic heterocycles. The molecule has 2 aromatic rings. The molecule has 30 heavy (non-hydrogen) atoms. The minimum absolute atomic E-state index is 0.0502. The van der Waals surface area contributed by atoms with Gasteiger partial charge in [0.15, 0.2) is 0 Å². The third-order valence-electron chi connectivity index (χ3n) is 5.67. The third kappa shape index (κ3) is 6.33. The lowest BCUT2D eigenvalue weighted by Gasteiger charge is -2.23. The summed E-state index contributed by atoms with van der Waals surface area (Å²) in [6.45, 7) is 2.17. The number of anilines is 1. The van der Waals surface area contributed by atoms with Gasteiger partial charge in [-0.3, -0.25) is 9.10 Å². The lowest BCUT2D eigenvalue weighted by Crippen LogP contribution is -2.35. The normalized spacial score (nSPS) is 15.8. The molecule has 0 unspecified atom stereocenters. The molecule has 162 valence electrons. The van der Waals surface area contributed by atoms with Crippen molar-refractivity contribution < 1.29 is 13.2 Å². The molecular formula is C24H32N2O3S. The maximum absolute atomic E-state index is 12.6. The zero-order valence-electron chi connectivity index (χ0n) is 17.9. The van der Waals surface area contributed by atoms with E-state index in [1.54, 1.807) is 18.2 Å². The van der Waals surface area contributed by atoms with E-state index >= 15 is 0 Å². The van der Waals surface area contributed by atoms with E-state index in [-0.39, 0.29) is 18.5 Å². The predicted octanol–water partition coefficient (Wildman–Crippen LogP) is 4.80. The summed E-state index contributed by atoms with van der Waals surface area (Å²) in [4.78, 5) is 12.6.